The number of halogens is 3. The van der Waals surface area contributed by atoms with Crippen molar-refractivity contribution in [3.8, 4) is 0 Å². The number of alkyl halides is 3. The third-order valence-electron chi connectivity index (χ3n) is 3.83. The van der Waals surface area contributed by atoms with Gasteiger partial charge in [0, 0.05) is 5.56 Å². The predicted molar refractivity (Wildman–Crippen MR) is 100 cm³/mol. The van der Waals surface area contributed by atoms with Crippen molar-refractivity contribution in [2.45, 2.75) is 19.7 Å². The molecule has 0 saturated heterocycles. The van der Waals surface area contributed by atoms with Crippen molar-refractivity contribution in [2.24, 2.45) is 10.3 Å². The van der Waals surface area contributed by atoms with Crippen LogP contribution in [0.2, 0.25) is 0 Å². The maximum Gasteiger partial charge on any atom is 0.416 e. The van der Waals surface area contributed by atoms with Crippen LogP contribution in [0.1, 0.15) is 29.2 Å². The summed E-state index contributed by atoms with van der Waals surface area (Å²) in [6.07, 6.45) is -4.42. The van der Waals surface area contributed by atoms with Crippen molar-refractivity contribution < 1.29 is 32.4 Å². The number of methoxy groups -OCH3 is 1. The van der Waals surface area contributed by atoms with Crippen LogP contribution in [0, 0.1) is 0 Å². The van der Waals surface area contributed by atoms with E-state index in [1.54, 1.807) is 31.2 Å². The summed E-state index contributed by atoms with van der Waals surface area (Å²) in [4.78, 5) is 21.6. The Morgan fingerprint density at radius 3 is 2.28 bits per heavy atom. The molecule has 0 heterocycles. The van der Waals surface area contributed by atoms with Crippen LogP contribution < -0.4 is 0 Å². The molecule has 154 valence electrons. The highest BCUT2D eigenvalue weighted by Gasteiger charge is 2.30. The number of benzene rings is 2. The van der Waals surface area contributed by atoms with E-state index < -0.39 is 17.7 Å². The number of nitrogens with zero attached hydrogens (tertiary/aromatic N) is 2. The molecule has 0 aromatic heterocycles. The molecular weight excluding hydrogens is 389 g/mol. The SMILES string of the molecule is CO/N=C(/C(=O)OC)c1ccc(CO/N=C(\C)c2cccc(C(F)(F)F)c2)cc1. The van der Waals surface area contributed by atoms with E-state index in [9.17, 15) is 18.0 Å². The van der Waals surface area contributed by atoms with Gasteiger partial charge < -0.3 is 14.4 Å². The molecule has 29 heavy (non-hydrogen) atoms. The van der Waals surface area contributed by atoms with Gasteiger partial charge in [-0.05, 0) is 30.2 Å². The Kier molecular flexibility index (Phi) is 7.35. The van der Waals surface area contributed by atoms with Gasteiger partial charge >= 0.3 is 12.1 Å². The van der Waals surface area contributed by atoms with Crippen LogP contribution in [0.5, 0.6) is 0 Å². The van der Waals surface area contributed by atoms with Gasteiger partial charge in [0.2, 0.25) is 0 Å². The third-order valence-corrected chi connectivity index (χ3v) is 3.83. The maximum atomic E-state index is 12.8. The van der Waals surface area contributed by atoms with Crippen LogP contribution in [0.3, 0.4) is 0 Å². The molecule has 2 aromatic carbocycles. The summed E-state index contributed by atoms with van der Waals surface area (Å²) in [5, 5.41) is 7.52. The van der Waals surface area contributed by atoms with Gasteiger partial charge in [0.05, 0.1) is 18.4 Å². The van der Waals surface area contributed by atoms with Crippen molar-refractivity contribution in [2.75, 3.05) is 14.2 Å². The first kappa shape index (κ1) is 21.9. The number of oxime groups is 2. The van der Waals surface area contributed by atoms with Gasteiger partial charge in [-0.3, -0.25) is 0 Å². The summed E-state index contributed by atoms with van der Waals surface area (Å²) in [5.74, 6) is -0.642. The van der Waals surface area contributed by atoms with Gasteiger partial charge in [0.1, 0.15) is 13.7 Å². The molecule has 0 N–H and O–H groups in total. The second kappa shape index (κ2) is 9.72. The summed E-state index contributed by atoms with van der Waals surface area (Å²) < 4.78 is 43.0. The largest absolute Gasteiger partial charge is 0.464 e. The zero-order valence-electron chi connectivity index (χ0n) is 16.0. The molecule has 6 nitrogen and oxygen atoms in total. The van der Waals surface area contributed by atoms with Crippen LogP contribution in [-0.4, -0.2) is 31.6 Å². The molecule has 0 fully saturated rings. The quantitative estimate of drug-likeness (QED) is 0.392. The number of hydrogen-bond donors (Lipinski definition) is 0. The highest BCUT2D eigenvalue weighted by molar-refractivity contribution is 6.43. The highest BCUT2D eigenvalue weighted by atomic mass is 19.4. The van der Waals surface area contributed by atoms with E-state index in [1.807, 2.05) is 0 Å². The first-order valence-electron chi connectivity index (χ1n) is 8.39. The lowest BCUT2D eigenvalue weighted by molar-refractivity contribution is -0.137. The van der Waals surface area contributed by atoms with E-state index in [0.717, 1.165) is 17.7 Å². The number of rotatable bonds is 7. The Labute approximate surface area is 165 Å². The van der Waals surface area contributed by atoms with E-state index in [2.05, 4.69) is 19.9 Å². The Balaban J connectivity index is 2.05. The average Bonchev–Trinajstić information content (AvgIpc) is 2.71. The van der Waals surface area contributed by atoms with Crippen molar-refractivity contribution in [3.63, 3.8) is 0 Å². The Morgan fingerprint density at radius 2 is 1.69 bits per heavy atom. The topological polar surface area (TPSA) is 69.5 Å². The first-order chi connectivity index (χ1) is 13.8. The van der Waals surface area contributed by atoms with Crippen LogP contribution in [0.15, 0.2) is 58.8 Å². The lowest BCUT2D eigenvalue weighted by Crippen LogP contribution is -2.17. The summed E-state index contributed by atoms with van der Waals surface area (Å²) in [5.41, 5.74) is 1.11. The molecule has 0 aliphatic carbocycles. The van der Waals surface area contributed by atoms with Gasteiger partial charge in [-0.25, -0.2) is 4.79 Å². The van der Waals surface area contributed by atoms with Gasteiger partial charge in [-0.2, -0.15) is 13.2 Å². The molecular formula is C20H19F3N2O4. The Morgan fingerprint density at radius 1 is 1.00 bits per heavy atom. The van der Waals surface area contributed by atoms with Crippen molar-refractivity contribution in [3.05, 3.63) is 70.8 Å². The van der Waals surface area contributed by atoms with Crippen LogP contribution in [0.25, 0.3) is 0 Å². The fraction of sp³-hybridized carbons (Fsp3) is 0.250. The molecule has 0 amide bonds. The van der Waals surface area contributed by atoms with Gasteiger partial charge in [-0.1, -0.05) is 46.7 Å². The molecule has 0 aliphatic rings. The van der Waals surface area contributed by atoms with E-state index in [0.29, 0.717) is 16.8 Å². The lowest BCUT2D eigenvalue weighted by Gasteiger charge is -2.08. The minimum Gasteiger partial charge on any atom is -0.464 e. The molecule has 2 aromatic rings. The molecule has 0 radical (unpaired) electrons. The van der Waals surface area contributed by atoms with Crippen molar-refractivity contribution in [1.29, 1.82) is 0 Å². The average molecular weight is 408 g/mol. The van der Waals surface area contributed by atoms with Crippen LogP contribution >= 0.6 is 0 Å². The normalized spacial score (nSPS) is 12.5. The minimum atomic E-state index is -4.42. The van der Waals surface area contributed by atoms with Gasteiger partial charge in [-0.15, -0.1) is 0 Å². The third kappa shape index (κ3) is 6.06. The van der Waals surface area contributed by atoms with Crippen LogP contribution in [0.4, 0.5) is 13.2 Å². The molecule has 0 unspecified atom stereocenters. The summed E-state index contributed by atoms with van der Waals surface area (Å²) in [6.45, 7) is 1.65. The smallest absolute Gasteiger partial charge is 0.416 e. The number of carbonyl (C=O) groups is 1. The lowest BCUT2D eigenvalue weighted by atomic mass is 10.1. The monoisotopic (exact) mass is 408 g/mol. The van der Waals surface area contributed by atoms with E-state index >= 15 is 0 Å². The predicted octanol–water partition coefficient (Wildman–Crippen LogP) is 4.17. The summed E-state index contributed by atoms with van der Waals surface area (Å²) in [6, 6.07) is 11.5. The van der Waals surface area contributed by atoms with E-state index in [-0.39, 0.29) is 12.3 Å². The molecule has 9 heteroatoms. The standard InChI is InChI=1S/C20H19F3N2O4/c1-13(16-5-4-6-17(11-16)20(21,22)23)24-29-12-14-7-9-15(10-8-14)18(25-28-3)19(26)27-2/h4-11H,12H2,1-3H3/b24-13+,25-18+. The molecule has 0 saturated carbocycles. The van der Waals surface area contributed by atoms with Crippen molar-refractivity contribution in [1.82, 2.24) is 0 Å². The second-order valence-corrected chi connectivity index (χ2v) is 5.84. The minimum absolute atomic E-state index is 0.0147. The molecule has 0 atom stereocenters. The second-order valence-electron chi connectivity index (χ2n) is 5.84. The van der Waals surface area contributed by atoms with Gasteiger partial charge in [0.25, 0.3) is 0 Å². The highest BCUT2D eigenvalue weighted by Crippen LogP contribution is 2.29. The Hall–Kier alpha value is -3.36. The number of carbonyl (C=O) groups excluding carboxylic acids is 1. The molecule has 0 spiro atoms. The summed E-state index contributed by atoms with van der Waals surface area (Å²) in [7, 11) is 2.55. The van der Waals surface area contributed by atoms with Crippen LogP contribution in [-0.2, 0) is 32.0 Å². The molecule has 2 rings (SSSR count). The Bertz CT molecular complexity index is 907. The van der Waals surface area contributed by atoms with E-state index in [4.69, 9.17) is 4.84 Å². The van der Waals surface area contributed by atoms with Crippen molar-refractivity contribution >= 4 is 17.4 Å². The zero-order valence-corrected chi connectivity index (χ0v) is 16.0. The number of hydrogen-bond acceptors (Lipinski definition) is 6. The fourth-order valence-electron chi connectivity index (χ4n) is 2.33. The first-order valence-corrected chi connectivity index (χ1v) is 8.39. The number of esters is 1. The maximum absolute atomic E-state index is 12.8. The fourth-order valence-corrected chi connectivity index (χ4v) is 2.33. The number of ether oxygens (including phenoxy) is 1. The summed E-state index contributed by atoms with van der Waals surface area (Å²) >= 11 is 0. The molecule has 0 bridgehead atoms. The molecule has 0 aliphatic heterocycles. The van der Waals surface area contributed by atoms with E-state index in [1.165, 1.54) is 26.4 Å². The van der Waals surface area contributed by atoms with Gasteiger partial charge in [0.15, 0.2) is 5.71 Å². The zero-order chi connectivity index (χ0) is 21.4.